The van der Waals surface area contributed by atoms with E-state index in [-0.39, 0.29) is 11.5 Å². The van der Waals surface area contributed by atoms with E-state index < -0.39 is 0 Å². The number of hydrogen-bond donors (Lipinski definition) is 2. The van der Waals surface area contributed by atoms with Crippen LogP contribution in [0.25, 0.3) is 22.3 Å². The molecular weight excluding hydrogens is 312 g/mol. The largest absolute Gasteiger partial charge is 0.393 e. The van der Waals surface area contributed by atoms with Crippen LogP contribution in [0.4, 0.5) is 5.82 Å². The van der Waals surface area contributed by atoms with Gasteiger partial charge < -0.3 is 10.4 Å². The SMILES string of the molecule is CC1(C)C(O)CC1CNc1nc(-c2cccnc2)nc2ccccc12. The maximum absolute atomic E-state index is 9.95. The van der Waals surface area contributed by atoms with Crippen molar-refractivity contribution in [2.75, 3.05) is 11.9 Å². The number of benzene rings is 1. The van der Waals surface area contributed by atoms with Crippen molar-refractivity contribution in [2.45, 2.75) is 26.4 Å². The Morgan fingerprint density at radius 1 is 1.16 bits per heavy atom. The molecule has 1 saturated carbocycles. The summed E-state index contributed by atoms with van der Waals surface area (Å²) in [5.41, 5.74) is 1.75. The highest BCUT2D eigenvalue weighted by Crippen LogP contribution is 2.46. The van der Waals surface area contributed by atoms with E-state index in [0.29, 0.717) is 11.7 Å². The van der Waals surface area contributed by atoms with E-state index >= 15 is 0 Å². The fourth-order valence-corrected chi connectivity index (χ4v) is 3.39. The van der Waals surface area contributed by atoms with Crippen LogP contribution in [-0.4, -0.2) is 32.7 Å². The first-order chi connectivity index (χ1) is 12.1. The molecule has 2 heterocycles. The molecule has 1 aliphatic rings. The topological polar surface area (TPSA) is 70.9 Å². The quantitative estimate of drug-likeness (QED) is 0.764. The zero-order chi connectivity index (χ0) is 17.4. The number of fused-ring (bicyclic) bond motifs is 1. The number of para-hydroxylation sites is 1. The molecule has 5 heteroatoms. The van der Waals surface area contributed by atoms with Gasteiger partial charge in [-0.2, -0.15) is 0 Å². The summed E-state index contributed by atoms with van der Waals surface area (Å²) in [6.45, 7) is 5.02. The molecule has 2 unspecified atom stereocenters. The number of aliphatic hydroxyl groups is 1. The Labute approximate surface area is 147 Å². The van der Waals surface area contributed by atoms with Gasteiger partial charge >= 0.3 is 0 Å². The Bertz CT molecular complexity index is 895. The van der Waals surface area contributed by atoms with Gasteiger partial charge in [0.05, 0.1) is 11.6 Å². The van der Waals surface area contributed by atoms with Gasteiger partial charge in [0.2, 0.25) is 0 Å². The number of rotatable bonds is 4. The first-order valence-corrected chi connectivity index (χ1v) is 8.65. The summed E-state index contributed by atoms with van der Waals surface area (Å²) in [4.78, 5) is 13.6. The van der Waals surface area contributed by atoms with Crippen LogP contribution in [-0.2, 0) is 0 Å². The van der Waals surface area contributed by atoms with Crippen LogP contribution in [0.3, 0.4) is 0 Å². The summed E-state index contributed by atoms with van der Waals surface area (Å²) in [7, 11) is 0. The van der Waals surface area contributed by atoms with Crippen molar-refractivity contribution < 1.29 is 5.11 Å². The van der Waals surface area contributed by atoms with Gasteiger partial charge in [-0.05, 0) is 42.0 Å². The third-order valence-corrected chi connectivity index (χ3v) is 5.46. The molecule has 2 atom stereocenters. The number of aliphatic hydroxyl groups excluding tert-OH is 1. The number of nitrogens with one attached hydrogen (secondary N) is 1. The fraction of sp³-hybridized carbons (Fsp3) is 0.350. The molecule has 2 N–H and O–H groups in total. The summed E-state index contributed by atoms with van der Waals surface area (Å²) < 4.78 is 0. The molecule has 1 aliphatic carbocycles. The van der Waals surface area contributed by atoms with E-state index in [2.05, 4.69) is 29.1 Å². The van der Waals surface area contributed by atoms with Crippen molar-refractivity contribution in [2.24, 2.45) is 11.3 Å². The summed E-state index contributed by atoms with van der Waals surface area (Å²) in [6.07, 6.45) is 4.14. The van der Waals surface area contributed by atoms with Gasteiger partial charge in [0.25, 0.3) is 0 Å². The summed E-state index contributed by atoms with van der Waals surface area (Å²) in [6, 6.07) is 11.9. The molecule has 0 amide bonds. The maximum atomic E-state index is 9.95. The van der Waals surface area contributed by atoms with Gasteiger partial charge in [-0.1, -0.05) is 26.0 Å². The minimum absolute atomic E-state index is 0.0536. The lowest BCUT2D eigenvalue weighted by Crippen LogP contribution is -2.51. The summed E-state index contributed by atoms with van der Waals surface area (Å²) in [5, 5.41) is 14.4. The van der Waals surface area contributed by atoms with E-state index in [1.165, 1.54) is 0 Å². The van der Waals surface area contributed by atoms with Crippen molar-refractivity contribution >= 4 is 16.7 Å². The van der Waals surface area contributed by atoms with Crippen LogP contribution < -0.4 is 5.32 Å². The second-order valence-electron chi connectivity index (χ2n) is 7.31. The first-order valence-electron chi connectivity index (χ1n) is 8.65. The van der Waals surface area contributed by atoms with Crippen LogP contribution in [0, 0.1) is 11.3 Å². The highest BCUT2D eigenvalue weighted by Gasteiger charge is 2.46. The minimum Gasteiger partial charge on any atom is -0.393 e. The van der Waals surface area contributed by atoms with Crippen molar-refractivity contribution in [3.05, 3.63) is 48.8 Å². The number of nitrogens with zero attached hydrogens (tertiary/aromatic N) is 3. The predicted molar refractivity (Wildman–Crippen MR) is 99.2 cm³/mol. The van der Waals surface area contributed by atoms with Gasteiger partial charge in [-0.3, -0.25) is 4.98 Å². The molecule has 3 aromatic rings. The molecule has 1 fully saturated rings. The van der Waals surface area contributed by atoms with Crippen molar-refractivity contribution in [1.82, 2.24) is 15.0 Å². The molecule has 4 rings (SSSR count). The van der Waals surface area contributed by atoms with Crippen molar-refractivity contribution in [3.63, 3.8) is 0 Å². The lowest BCUT2D eigenvalue weighted by Gasteiger charge is -2.49. The first kappa shape index (κ1) is 16.0. The van der Waals surface area contributed by atoms with Gasteiger partial charge in [0.1, 0.15) is 5.82 Å². The number of aromatic nitrogens is 3. The lowest BCUT2D eigenvalue weighted by molar-refractivity contribution is -0.0919. The van der Waals surface area contributed by atoms with Crippen LogP contribution in [0.15, 0.2) is 48.8 Å². The fourth-order valence-electron chi connectivity index (χ4n) is 3.39. The van der Waals surface area contributed by atoms with Gasteiger partial charge in [0, 0.05) is 29.9 Å². The van der Waals surface area contributed by atoms with Gasteiger partial charge in [-0.25, -0.2) is 9.97 Å². The van der Waals surface area contributed by atoms with E-state index in [1.54, 1.807) is 12.4 Å². The lowest BCUT2D eigenvalue weighted by atomic mass is 9.60. The molecule has 0 aliphatic heterocycles. The van der Waals surface area contributed by atoms with Crippen LogP contribution >= 0.6 is 0 Å². The standard InChI is InChI=1S/C20H22N4O/c1-20(2)14(10-17(20)25)12-22-19-15-7-3-4-8-16(15)23-18(24-19)13-6-5-9-21-11-13/h3-9,11,14,17,25H,10,12H2,1-2H3,(H,22,23,24). The normalized spacial score (nSPS) is 21.7. The van der Waals surface area contributed by atoms with Crippen molar-refractivity contribution in [3.8, 4) is 11.4 Å². The second kappa shape index (κ2) is 6.08. The highest BCUT2D eigenvalue weighted by molar-refractivity contribution is 5.90. The van der Waals surface area contributed by atoms with E-state index in [0.717, 1.165) is 35.2 Å². The molecule has 25 heavy (non-hydrogen) atoms. The third-order valence-electron chi connectivity index (χ3n) is 5.46. The highest BCUT2D eigenvalue weighted by atomic mass is 16.3. The smallest absolute Gasteiger partial charge is 0.163 e. The Hall–Kier alpha value is -2.53. The molecule has 5 nitrogen and oxygen atoms in total. The van der Waals surface area contributed by atoms with Crippen molar-refractivity contribution in [1.29, 1.82) is 0 Å². The molecule has 1 aromatic carbocycles. The Kier molecular flexibility index (Phi) is 3.88. The number of anilines is 1. The van der Waals surface area contributed by atoms with Crippen LogP contribution in [0.5, 0.6) is 0 Å². The molecule has 0 spiro atoms. The van der Waals surface area contributed by atoms with Gasteiger partial charge in [0.15, 0.2) is 5.82 Å². The molecule has 128 valence electrons. The average molecular weight is 334 g/mol. The van der Waals surface area contributed by atoms with E-state index in [4.69, 9.17) is 4.98 Å². The molecular formula is C20H22N4O. The Morgan fingerprint density at radius 2 is 2.00 bits per heavy atom. The zero-order valence-corrected chi connectivity index (χ0v) is 14.5. The zero-order valence-electron chi connectivity index (χ0n) is 14.5. The summed E-state index contributed by atoms with van der Waals surface area (Å²) >= 11 is 0. The maximum Gasteiger partial charge on any atom is 0.163 e. The van der Waals surface area contributed by atoms with E-state index in [1.807, 2.05) is 36.4 Å². The second-order valence-corrected chi connectivity index (χ2v) is 7.31. The Morgan fingerprint density at radius 3 is 2.72 bits per heavy atom. The molecule has 0 bridgehead atoms. The molecule has 0 saturated heterocycles. The van der Waals surface area contributed by atoms with Crippen LogP contribution in [0.1, 0.15) is 20.3 Å². The average Bonchev–Trinajstić information content (AvgIpc) is 2.65. The van der Waals surface area contributed by atoms with E-state index in [9.17, 15) is 5.11 Å². The number of hydrogen-bond acceptors (Lipinski definition) is 5. The predicted octanol–water partition coefficient (Wildman–Crippen LogP) is 3.51. The van der Waals surface area contributed by atoms with Gasteiger partial charge in [-0.15, -0.1) is 0 Å². The molecule has 2 aromatic heterocycles. The summed E-state index contributed by atoms with van der Waals surface area (Å²) in [5.74, 6) is 1.93. The van der Waals surface area contributed by atoms with Crippen LogP contribution in [0.2, 0.25) is 0 Å². The number of pyridine rings is 1. The molecule has 0 radical (unpaired) electrons. The third kappa shape index (κ3) is 2.85. The Balaban J connectivity index is 1.67. The minimum atomic E-state index is -0.215. The monoisotopic (exact) mass is 334 g/mol.